The smallest absolute Gasteiger partial charge is 0.212 e. The molecule has 138 valence electrons. The highest BCUT2D eigenvalue weighted by molar-refractivity contribution is 6.09. The van der Waals surface area contributed by atoms with E-state index in [1.807, 2.05) is 36.1 Å². The number of hydrogen-bond acceptors (Lipinski definition) is 2. The first-order chi connectivity index (χ1) is 14.3. The normalized spacial score (nSPS) is 11.6. The Morgan fingerprint density at radius 1 is 0.828 bits per heavy atom. The van der Waals surface area contributed by atoms with E-state index < -0.39 is 0 Å². The molecular weight excluding hydrogens is 358 g/mol. The number of rotatable bonds is 2. The molecule has 3 aromatic heterocycles. The van der Waals surface area contributed by atoms with E-state index in [2.05, 4.69) is 71.3 Å². The molecule has 0 aliphatic heterocycles. The number of imidazole rings is 1. The van der Waals surface area contributed by atoms with Crippen molar-refractivity contribution in [2.45, 2.75) is 0 Å². The Balaban J connectivity index is 1.73. The van der Waals surface area contributed by atoms with Gasteiger partial charge < -0.3 is 4.42 Å². The molecule has 6 rings (SSSR count). The molecule has 0 saturated carbocycles. The van der Waals surface area contributed by atoms with E-state index in [0.717, 1.165) is 50.0 Å². The van der Waals surface area contributed by atoms with Crippen LogP contribution >= 0.6 is 0 Å². The standard InChI is InChI=1S/C25H18N3O/c1-27-15-14-18-19-10-7-11-20(24(19)29-23(18)16-27)25-26-21-12-5-6-13-22(21)28(25)17-8-3-2-4-9-17/h2-16H,1H3/q+1. The molecule has 0 amide bonds. The number of furan rings is 1. The minimum Gasteiger partial charge on any atom is -0.449 e. The second-order valence-electron chi connectivity index (χ2n) is 7.27. The molecule has 0 aliphatic rings. The fourth-order valence-electron chi connectivity index (χ4n) is 4.07. The van der Waals surface area contributed by atoms with Crippen LogP contribution < -0.4 is 4.57 Å². The molecule has 0 unspecified atom stereocenters. The van der Waals surface area contributed by atoms with Crippen LogP contribution in [0.1, 0.15) is 0 Å². The van der Waals surface area contributed by atoms with Gasteiger partial charge in [-0.3, -0.25) is 4.57 Å². The monoisotopic (exact) mass is 376 g/mol. The molecular formula is C25H18N3O+. The first-order valence-electron chi connectivity index (χ1n) is 9.63. The van der Waals surface area contributed by atoms with Crippen LogP contribution in [0.15, 0.2) is 95.7 Å². The number of aromatic nitrogens is 3. The van der Waals surface area contributed by atoms with Gasteiger partial charge in [-0.25, -0.2) is 9.55 Å². The Kier molecular flexibility index (Phi) is 3.35. The van der Waals surface area contributed by atoms with E-state index in [9.17, 15) is 0 Å². The van der Waals surface area contributed by atoms with E-state index in [4.69, 9.17) is 9.40 Å². The molecule has 3 aromatic carbocycles. The van der Waals surface area contributed by atoms with Gasteiger partial charge in [0.1, 0.15) is 18.5 Å². The average Bonchev–Trinajstić information content (AvgIpc) is 3.32. The highest BCUT2D eigenvalue weighted by Crippen LogP contribution is 2.37. The molecule has 0 atom stereocenters. The quantitative estimate of drug-likeness (QED) is 0.378. The zero-order valence-corrected chi connectivity index (χ0v) is 15.9. The Bertz CT molecular complexity index is 1510. The molecule has 0 fully saturated rings. The lowest BCUT2D eigenvalue weighted by Gasteiger charge is -2.09. The number of fused-ring (bicyclic) bond motifs is 4. The van der Waals surface area contributed by atoms with Crippen molar-refractivity contribution >= 4 is 33.0 Å². The zero-order valence-electron chi connectivity index (χ0n) is 15.9. The second-order valence-corrected chi connectivity index (χ2v) is 7.27. The molecule has 4 nitrogen and oxygen atoms in total. The number of hydrogen-bond donors (Lipinski definition) is 0. The van der Waals surface area contributed by atoms with Crippen LogP contribution in [0.25, 0.3) is 50.0 Å². The van der Waals surface area contributed by atoms with Crippen molar-refractivity contribution in [3.63, 3.8) is 0 Å². The summed E-state index contributed by atoms with van der Waals surface area (Å²) >= 11 is 0. The number of aryl methyl sites for hydroxylation is 1. The van der Waals surface area contributed by atoms with Crippen molar-refractivity contribution in [3.05, 3.63) is 91.3 Å². The van der Waals surface area contributed by atoms with Crippen LogP contribution in [-0.4, -0.2) is 9.55 Å². The van der Waals surface area contributed by atoms with Crippen LogP contribution in [0.3, 0.4) is 0 Å². The van der Waals surface area contributed by atoms with Gasteiger partial charge in [0.05, 0.1) is 16.6 Å². The summed E-state index contributed by atoms with van der Waals surface area (Å²) in [5.41, 5.74) is 5.84. The maximum absolute atomic E-state index is 6.33. The first kappa shape index (κ1) is 16.1. The van der Waals surface area contributed by atoms with E-state index in [0.29, 0.717) is 0 Å². The zero-order chi connectivity index (χ0) is 19.4. The van der Waals surface area contributed by atoms with E-state index in [1.54, 1.807) is 0 Å². The fraction of sp³-hybridized carbons (Fsp3) is 0.0400. The lowest BCUT2D eigenvalue weighted by molar-refractivity contribution is -0.670. The average molecular weight is 376 g/mol. The van der Waals surface area contributed by atoms with Crippen molar-refractivity contribution < 1.29 is 8.98 Å². The van der Waals surface area contributed by atoms with Crippen LogP contribution in [0, 0.1) is 0 Å². The molecule has 0 spiro atoms. The molecule has 0 aliphatic carbocycles. The van der Waals surface area contributed by atoms with Crippen molar-refractivity contribution in [3.8, 4) is 17.1 Å². The van der Waals surface area contributed by atoms with Gasteiger partial charge in [0, 0.05) is 22.5 Å². The Hall–Kier alpha value is -3.92. The summed E-state index contributed by atoms with van der Waals surface area (Å²) in [5, 5.41) is 2.21. The van der Waals surface area contributed by atoms with E-state index >= 15 is 0 Å². The molecule has 0 bridgehead atoms. The predicted molar refractivity (Wildman–Crippen MR) is 115 cm³/mol. The summed E-state index contributed by atoms with van der Waals surface area (Å²) in [4.78, 5) is 4.99. The Labute approximate surface area is 167 Å². The molecule has 0 radical (unpaired) electrons. The van der Waals surface area contributed by atoms with Crippen LogP contribution in [0.2, 0.25) is 0 Å². The minimum atomic E-state index is 0.862. The summed E-state index contributed by atoms with van der Waals surface area (Å²) in [6, 6.07) is 27.0. The second kappa shape index (κ2) is 6.04. The first-order valence-corrected chi connectivity index (χ1v) is 9.63. The molecule has 0 N–H and O–H groups in total. The van der Waals surface area contributed by atoms with Crippen molar-refractivity contribution in [1.82, 2.24) is 9.55 Å². The van der Waals surface area contributed by atoms with Gasteiger partial charge in [-0.1, -0.05) is 42.5 Å². The van der Waals surface area contributed by atoms with Crippen molar-refractivity contribution in [2.24, 2.45) is 7.05 Å². The summed E-state index contributed by atoms with van der Waals surface area (Å²) in [7, 11) is 2.00. The van der Waals surface area contributed by atoms with Gasteiger partial charge >= 0.3 is 0 Å². The Morgan fingerprint density at radius 3 is 2.55 bits per heavy atom. The summed E-state index contributed by atoms with van der Waals surface area (Å²) in [5.74, 6) is 0.881. The molecule has 29 heavy (non-hydrogen) atoms. The number of pyridine rings is 1. The third kappa shape index (κ3) is 2.39. The lowest BCUT2D eigenvalue weighted by atomic mass is 10.1. The third-order valence-electron chi connectivity index (χ3n) is 5.40. The van der Waals surface area contributed by atoms with Gasteiger partial charge in [0.25, 0.3) is 0 Å². The summed E-state index contributed by atoms with van der Waals surface area (Å²) in [6.07, 6.45) is 4.06. The van der Waals surface area contributed by atoms with Crippen molar-refractivity contribution in [2.75, 3.05) is 0 Å². The van der Waals surface area contributed by atoms with Gasteiger partial charge in [0.2, 0.25) is 6.20 Å². The van der Waals surface area contributed by atoms with Crippen molar-refractivity contribution in [1.29, 1.82) is 0 Å². The molecule has 3 heterocycles. The fourth-order valence-corrected chi connectivity index (χ4v) is 4.07. The highest BCUT2D eigenvalue weighted by Gasteiger charge is 2.19. The molecule has 4 heteroatoms. The van der Waals surface area contributed by atoms with Gasteiger partial charge in [0.15, 0.2) is 11.8 Å². The molecule has 0 saturated heterocycles. The maximum atomic E-state index is 6.33. The predicted octanol–water partition coefficient (Wildman–Crippen LogP) is 5.42. The van der Waals surface area contributed by atoms with Gasteiger partial charge in [-0.05, 0) is 30.3 Å². The third-order valence-corrected chi connectivity index (χ3v) is 5.40. The SMILES string of the molecule is C[n+]1ccc2c(c1)oc1c(-c3nc4ccccc4n3-c3ccccc3)cccc12. The number of para-hydroxylation sites is 4. The van der Waals surface area contributed by atoms with Gasteiger partial charge in [-0.15, -0.1) is 0 Å². The largest absolute Gasteiger partial charge is 0.449 e. The highest BCUT2D eigenvalue weighted by atomic mass is 16.3. The molecule has 6 aromatic rings. The lowest BCUT2D eigenvalue weighted by Crippen LogP contribution is -2.25. The van der Waals surface area contributed by atoms with Gasteiger partial charge in [-0.2, -0.15) is 0 Å². The van der Waals surface area contributed by atoms with Crippen LogP contribution in [-0.2, 0) is 7.05 Å². The van der Waals surface area contributed by atoms with E-state index in [-0.39, 0.29) is 0 Å². The van der Waals surface area contributed by atoms with Crippen LogP contribution in [0.4, 0.5) is 0 Å². The minimum absolute atomic E-state index is 0.862. The number of benzene rings is 3. The Morgan fingerprint density at radius 2 is 1.66 bits per heavy atom. The number of nitrogens with zero attached hydrogens (tertiary/aromatic N) is 3. The summed E-state index contributed by atoms with van der Waals surface area (Å²) < 4.78 is 10.5. The van der Waals surface area contributed by atoms with E-state index in [1.165, 1.54) is 0 Å². The maximum Gasteiger partial charge on any atom is 0.212 e. The summed E-state index contributed by atoms with van der Waals surface area (Å²) in [6.45, 7) is 0. The topological polar surface area (TPSA) is 34.8 Å². The van der Waals surface area contributed by atoms with Crippen LogP contribution in [0.5, 0.6) is 0 Å².